The Morgan fingerprint density at radius 3 is 3.05 bits per heavy atom. The molecule has 6 heteroatoms. The van der Waals surface area contributed by atoms with Crippen LogP contribution in [0.1, 0.15) is 37.4 Å². The maximum absolute atomic E-state index is 11.2. The quantitative estimate of drug-likeness (QED) is 0.805. The molecule has 0 bridgehead atoms. The molecule has 1 aromatic heterocycles. The van der Waals surface area contributed by atoms with Gasteiger partial charge in [-0.15, -0.1) is 0 Å². The fourth-order valence-electron chi connectivity index (χ4n) is 2.34. The standard InChI is InChI=1S/C13H21N3O2S/c1-18-13(17)12(14)9-19-8-10-6-7-16(15-10)11-4-2-3-5-11/h6-7,11-12H,2-5,8-9,14H2,1H3. The maximum atomic E-state index is 11.2. The van der Waals surface area contributed by atoms with Crippen LogP contribution >= 0.6 is 11.8 Å². The number of methoxy groups -OCH3 is 1. The van der Waals surface area contributed by atoms with Crippen molar-refractivity contribution in [3.63, 3.8) is 0 Å². The fourth-order valence-corrected chi connectivity index (χ4v) is 3.21. The second kappa shape index (κ2) is 6.96. The lowest BCUT2D eigenvalue weighted by Crippen LogP contribution is -2.33. The molecule has 0 saturated heterocycles. The van der Waals surface area contributed by atoms with Crippen molar-refractivity contribution < 1.29 is 9.53 Å². The molecule has 1 heterocycles. The molecule has 19 heavy (non-hydrogen) atoms. The normalized spacial score (nSPS) is 17.6. The third kappa shape index (κ3) is 3.98. The topological polar surface area (TPSA) is 70.1 Å². The highest BCUT2D eigenvalue weighted by atomic mass is 32.2. The number of ether oxygens (including phenoxy) is 1. The van der Waals surface area contributed by atoms with Gasteiger partial charge in [-0.05, 0) is 18.9 Å². The van der Waals surface area contributed by atoms with Gasteiger partial charge in [0.15, 0.2) is 0 Å². The molecule has 1 aliphatic carbocycles. The lowest BCUT2D eigenvalue weighted by atomic mass is 10.3. The van der Waals surface area contributed by atoms with E-state index >= 15 is 0 Å². The molecular formula is C13H21N3O2S. The SMILES string of the molecule is COC(=O)C(N)CSCc1ccn(C2CCCC2)n1. The van der Waals surface area contributed by atoms with Gasteiger partial charge in [-0.1, -0.05) is 12.8 Å². The maximum Gasteiger partial charge on any atom is 0.323 e. The van der Waals surface area contributed by atoms with E-state index in [1.54, 1.807) is 11.8 Å². The number of esters is 1. The van der Waals surface area contributed by atoms with Crippen LogP contribution in [0.3, 0.4) is 0 Å². The van der Waals surface area contributed by atoms with Crippen molar-refractivity contribution in [2.45, 2.75) is 43.5 Å². The van der Waals surface area contributed by atoms with E-state index in [1.807, 2.05) is 0 Å². The number of rotatable bonds is 6. The van der Waals surface area contributed by atoms with Crippen LogP contribution in [0.4, 0.5) is 0 Å². The number of aromatic nitrogens is 2. The summed E-state index contributed by atoms with van der Waals surface area (Å²) in [7, 11) is 1.36. The largest absolute Gasteiger partial charge is 0.468 e. The first-order chi connectivity index (χ1) is 9.20. The number of hydrogen-bond acceptors (Lipinski definition) is 5. The summed E-state index contributed by atoms with van der Waals surface area (Å²) < 4.78 is 6.68. The van der Waals surface area contributed by atoms with Gasteiger partial charge in [-0.2, -0.15) is 16.9 Å². The Hall–Kier alpha value is -1.01. The van der Waals surface area contributed by atoms with Gasteiger partial charge < -0.3 is 10.5 Å². The summed E-state index contributed by atoms with van der Waals surface area (Å²) in [6.45, 7) is 0. The van der Waals surface area contributed by atoms with E-state index in [-0.39, 0.29) is 5.97 Å². The van der Waals surface area contributed by atoms with Crippen molar-refractivity contribution in [2.24, 2.45) is 5.73 Å². The van der Waals surface area contributed by atoms with Gasteiger partial charge in [0.05, 0.1) is 18.8 Å². The van der Waals surface area contributed by atoms with Crippen molar-refractivity contribution in [1.29, 1.82) is 0 Å². The molecule has 0 spiro atoms. The minimum absolute atomic E-state index is 0.357. The number of nitrogens with zero attached hydrogens (tertiary/aromatic N) is 2. The number of carbonyl (C=O) groups is 1. The van der Waals surface area contributed by atoms with Gasteiger partial charge in [-0.3, -0.25) is 9.48 Å². The first-order valence-electron chi connectivity index (χ1n) is 6.66. The van der Waals surface area contributed by atoms with E-state index in [1.165, 1.54) is 32.8 Å². The van der Waals surface area contributed by atoms with E-state index in [9.17, 15) is 4.79 Å². The van der Waals surface area contributed by atoms with E-state index in [4.69, 9.17) is 5.73 Å². The summed E-state index contributed by atoms with van der Waals surface area (Å²) >= 11 is 1.61. The summed E-state index contributed by atoms with van der Waals surface area (Å²) in [6, 6.07) is 2.08. The predicted octanol–water partition coefficient (Wildman–Crippen LogP) is 1.73. The van der Waals surface area contributed by atoms with Crippen LogP contribution in [0.5, 0.6) is 0 Å². The van der Waals surface area contributed by atoms with Gasteiger partial charge in [-0.25, -0.2) is 0 Å². The van der Waals surface area contributed by atoms with E-state index in [0.717, 1.165) is 11.4 Å². The molecule has 106 valence electrons. The lowest BCUT2D eigenvalue weighted by molar-refractivity contribution is -0.141. The summed E-state index contributed by atoms with van der Waals surface area (Å²) in [4.78, 5) is 11.2. The molecule has 1 aromatic rings. The Balaban J connectivity index is 1.75. The van der Waals surface area contributed by atoms with Crippen LogP contribution in [0.25, 0.3) is 0 Å². The highest BCUT2D eigenvalue weighted by Gasteiger charge is 2.18. The molecule has 1 aliphatic rings. The molecule has 2 N–H and O–H groups in total. The molecule has 0 aromatic carbocycles. The number of thioether (sulfide) groups is 1. The van der Waals surface area contributed by atoms with Gasteiger partial charge in [0.1, 0.15) is 6.04 Å². The van der Waals surface area contributed by atoms with Gasteiger partial charge in [0, 0.05) is 17.7 Å². The zero-order chi connectivity index (χ0) is 13.7. The van der Waals surface area contributed by atoms with Crippen molar-refractivity contribution in [3.8, 4) is 0 Å². The molecule has 1 fully saturated rings. The second-order valence-electron chi connectivity index (χ2n) is 4.87. The summed E-state index contributed by atoms with van der Waals surface area (Å²) in [5.74, 6) is 0.983. The zero-order valence-corrected chi connectivity index (χ0v) is 12.1. The average Bonchev–Trinajstić information content (AvgIpc) is 3.07. The van der Waals surface area contributed by atoms with E-state index in [2.05, 4.69) is 26.8 Å². The Bertz CT molecular complexity index is 416. The molecule has 5 nitrogen and oxygen atoms in total. The third-order valence-electron chi connectivity index (χ3n) is 3.41. The molecule has 1 saturated carbocycles. The average molecular weight is 283 g/mol. The highest BCUT2D eigenvalue weighted by Crippen LogP contribution is 2.29. The Morgan fingerprint density at radius 2 is 2.37 bits per heavy atom. The van der Waals surface area contributed by atoms with Crippen molar-refractivity contribution >= 4 is 17.7 Å². The molecule has 0 amide bonds. The molecular weight excluding hydrogens is 262 g/mol. The van der Waals surface area contributed by atoms with Crippen LogP contribution in [0.2, 0.25) is 0 Å². The van der Waals surface area contributed by atoms with Crippen LogP contribution in [0, 0.1) is 0 Å². The van der Waals surface area contributed by atoms with E-state index < -0.39 is 6.04 Å². The Morgan fingerprint density at radius 1 is 1.63 bits per heavy atom. The Kier molecular flexibility index (Phi) is 5.27. The van der Waals surface area contributed by atoms with Crippen LogP contribution in [-0.2, 0) is 15.3 Å². The first kappa shape index (κ1) is 14.4. The van der Waals surface area contributed by atoms with Crippen LogP contribution in [-0.4, -0.2) is 34.7 Å². The molecule has 1 unspecified atom stereocenters. The number of hydrogen-bond donors (Lipinski definition) is 1. The minimum Gasteiger partial charge on any atom is -0.468 e. The summed E-state index contributed by atoms with van der Waals surface area (Å²) in [5, 5.41) is 4.59. The minimum atomic E-state index is -0.549. The van der Waals surface area contributed by atoms with Gasteiger partial charge >= 0.3 is 5.97 Å². The van der Waals surface area contributed by atoms with Crippen molar-refractivity contribution in [1.82, 2.24) is 9.78 Å². The number of nitrogens with two attached hydrogens (primary N) is 1. The van der Waals surface area contributed by atoms with E-state index in [0.29, 0.717) is 11.8 Å². The number of carbonyl (C=O) groups excluding carboxylic acids is 1. The monoisotopic (exact) mass is 283 g/mol. The van der Waals surface area contributed by atoms with Crippen LogP contribution in [0.15, 0.2) is 12.3 Å². The molecule has 0 radical (unpaired) electrons. The molecule has 1 atom stereocenters. The molecule has 0 aliphatic heterocycles. The van der Waals surface area contributed by atoms with Crippen LogP contribution < -0.4 is 5.73 Å². The second-order valence-corrected chi connectivity index (χ2v) is 5.90. The summed E-state index contributed by atoms with van der Waals surface area (Å²) in [5.41, 5.74) is 6.73. The highest BCUT2D eigenvalue weighted by molar-refractivity contribution is 7.98. The first-order valence-corrected chi connectivity index (χ1v) is 7.81. The zero-order valence-electron chi connectivity index (χ0n) is 11.2. The smallest absolute Gasteiger partial charge is 0.323 e. The molecule has 2 rings (SSSR count). The van der Waals surface area contributed by atoms with Gasteiger partial charge in [0.2, 0.25) is 0 Å². The lowest BCUT2D eigenvalue weighted by Gasteiger charge is -2.09. The van der Waals surface area contributed by atoms with Crippen molar-refractivity contribution in [2.75, 3.05) is 12.9 Å². The fraction of sp³-hybridized carbons (Fsp3) is 0.692. The van der Waals surface area contributed by atoms with Gasteiger partial charge in [0.25, 0.3) is 0 Å². The van der Waals surface area contributed by atoms with Crippen molar-refractivity contribution in [3.05, 3.63) is 18.0 Å². The Labute approximate surface area is 117 Å². The predicted molar refractivity (Wildman–Crippen MR) is 75.9 cm³/mol. The summed E-state index contributed by atoms with van der Waals surface area (Å²) in [6.07, 6.45) is 7.15. The third-order valence-corrected chi connectivity index (χ3v) is 4.51.